The molecule has 0 saturated heterocycles. The topological polar surface area (TPSA) is 64.6 Å². The van der Waals surface area contributed by atoms with Crippen LogP contribution in [-0.2, 0) is 16.4 Å². The van der Waals surface area contributed by atoms with Gasteiger partial charge in [-0.15, -0.1) is 0 Å². The lowest BCUT2D eigenvalue weighted by molar-refractivity contribution is 0.171. The summed E-state index contributed by atoms with van der Waals surface area (Å²) in [5.74, 6) is -1.34. The van der Waals surface area contributed by atoms with Crippen molar-refractivity contribution in [1.82, 2.24) is 4.72 Å². The molecule has 0 atom stereocenters. The summed E-state index contributed by atoms with van der Waals surface area (Å²) in [5.41, 5.74) is 0.752. The molecule has 0 aliphatic carbocycles. The lowest BCUT2D eigenvalue weighted by Crippen LogP contribution is -2.26. The van der Waals surface area contributed by atoms with Crippen molar-refractivity contribution in [3.63, 3.8) is 0 Å². The first kappa shape index (κ1) is 17.9. The van der Waals surface area contributed by atoms with Crippen LogP contribution in [-0.4, -0.2) is 28.2 Å². The van der Waals surface area contributed by atoms with Crippen molar-refractivity contribution < 1.29 is 26.7 Å². The van der Waals surface area contributed by atoms with Crippen LogP contribution in [0.1, 0.15) is 5.56 Å². The Morgan fingerprint density at radius 3 is 2.60 bits per heavy atom. The molecule has 1 aliphatic heterocycles. The van der Waals surface area contributed by atoms with E-state index in [1.165, 1.54) is 0 Å². The van der Waals surface area contributed by atoms with Crippen LogP contribution < -0.4 is 14.2 Å². The van der Waals surface area contributed by atoms with E-state index < -0.39 is 21.7 Å². The minimum Gasteiger partial charge on any atom is -0.486 e. The molecule has 1 heterocycles. The predicted molar refractivity (Wildman–Crippen MR) is 87.7 cm³/mol. The fraction of sp³-hybridized carbons (Fsp3) is 0.250. The lowest BCUT2D eigenvalue weighted by atomic mass is 10.1. The molecular weight excluding hydrogens is 376 g/mol. The third-order valence-corrected chi connectivity index (χ3v) is 5.30. The van der Waals surface area contributed by atoms with E-state index in [1.54, 1.807) is 12.1 Å². The Morgan fingerprint density at radius 1 is 1.08 bits per heavy atom. The molecule has 0 spiro atoms. The second-order valence-corrected chi connectivity index (χ2v) is 7.50. The number of fused-ring (bicyclic) bond motifs is 1. The third-order valence-electron chi connectivity index (χ3n) is 3.56. The van der Waals surface area contributed by atoms with E-state index in [1.807, 2.05) is 0 Å². The molecule has 0 fully saturated rings. The van der Waals surface area contributed by atoms with Crippen LogP contribution in [0.15, 0.2) is 35.2 Å². The van der Waals surface area contributed by atoms with Gasteiger partial charge in [0.25, 0.3) is 0 Å². The third kappa shape index (κ3) is 4.02. The molecule has 1 N–H and O–H groups in total. The maximum atomic E-state index is 13.2. The summed E-state index contributed by atoms with van der Waals surface area (Å²) in [7, 11) is -3.94. The zero-order valence-electron chi connectivity index (χ0n) is 12.9. The van der Waals surface area contributed by atoms with Gasteiger partial charge in [0.1, 0.15) is 13.2 Å². The summed E-state index contributed by atoms with van der Waals surface area (Å²) >= 11 is 6.12. The number of nitrogens with one attached hydrogen (secondary N) is 1. The number of hydrogen-bond acceptors (Lipinski definition) is 4. The number of halogens is 3. The van der Waals surface area contributed by atoms with E-state index in [9.17, 15) is 17.2 Å². The van der Waals surface area contributed by atoms with Crippen LogP contribution in [0, 0.1) is 11.6 Å². The summed E-state index contributed by atoms with van der Waals surface area (Å²) < 4.78 is 63.5. The van der Waals surface area contributed by atoms with Crippen molar-refractivity contribution in [1.29, 1.82) is 0 Å². The van der Waals surface area contributed by atoms with Crippen molar-refractivity contribution in [2.75, 3.05) is 19.8 Å². The van der Waals surface area contributed by atoms with Gasteiger partial charge in [-0.25, -0.2) is 21.9 Å². The quantitative estimate of drug-likeness (QED) is 0.854. The smallest absolute Gasteiger partial charge is 0.240 e. The Bertz CT molecular complexity index is 905. The van der Waals surface area contributed by atoms with Crippen LogP contribution in [0.2, 0.25) is 5.02 Å². The van der Waals surface area contributed by atoms with Crippen LogP contribution in [0.5, 0.6) is 11.5 Å². The molecular formula is C16H14ClF2NO4S. The van der Waals surface area contributed by atoms with Gasteiger partial charge in [0.15, 0.2) is 23.1 Å². The second-order valence-electron chi connectivity index (χ2n) is 5.33. The molecule has 1 aliphatic rings. The van der Waals surface area contributed by atoms with E-state index in [0.717, 1.165) is 17.7 Å². The first-order chi connectivity index (χ1) is 11.9. The SMILES string of the molecule is O=S(=O)(NCCc1cc(Cl)c2c(c1)OCCO2)c1ccc(F)c(F)c1. The van der Waals surface area contributed by atoms with E-state index in [4.69, 9.17) is 21.1 Å². The Balaban J connectivity index is 1.68. The molecule has 0 amide bonds. The van der Waals surface area contributed by atoms with Crippen LogP contribution in [0.25, 0.3) is 0 Å². The van der Waals surface area contributed by atoms with Gasteiger partial charge in [-0.2, -0.15) is 0 Å². The van der Waals surface area contributed by atoms with Gasteiger partial charge >= 0.3 is 0 Å². The van der Waals surface area contributed by atoms with Gasteiger partial charge in [0, 0.05) is 6.54 Å². The van der Waals surface area contributed by atoms with E-state index >= 15 is 0 Å². The number of rotatable bonds is 5. The fourth-order valence-electron chi connectivity index (χ4n) is 2.37. The summed E-state index contributed by atoms with van der Waals surface area (Å²) in [5, 5.41) is 0.385. The lowest BCUT2D eigenvalue weighted by Gasteiger charge is -2.20. The Morgan fingerprint density at radius 2 is 1.84 bits per heavy atom. The molecule has 0 bridgehead atoms. The van der Waals surface area contributed by atoms with Crippen molar-refractivity contribution in [2.24, 2.45) is 0 Å². The Labute approximate surface area is 148 Å². The van der Waals surface area contributed by atoms with Gasteiger partial charge in [0.05, 0.1) is 9.92 Å². The minimum atomic E-state index is -3.94. The van der Waals surface area contributed by atoms with E-state index in [2.05, 4.69) is 4.72 Å². The van der Waals surface area contributed by atoms with Crippen molar-refractivity contribution in [2.45, 2.75) is 11.3 Å². The predicted octanol–water partition coefficient (Wildman–Crippen LogP) is 2.91. The highest BCUT2D eigenvalue weighted by Gasteiger charge is 2.18. The molecule has 0 radical (unpaired) electrons. The summed E-state index contributed by atoms with van der Waals surface area (Å²) in [6.07, 6.45) is 0.333. The highest BCUT2D eigenvalue weighted by atomic mass is 35.5. The molecule has 25 heavy (non-hydrogen) atoms. The number of ether oxygens (including phenoxy) is 2. The molecule has 134 valence electrons. The van der Waals surface area contributed by atoms with Crippen LogP contribution >= 0.6 is 11.6 Å². The standard InChI is InChI=1S/C16H14ClF2NO4S/c17-12-7-10(8-15-16(12)24-6-5-23-15)3-4-20-25(21,22)11-1-2-13(18)14(19)9-11/h1-2,7-9,20H,3-6H2. The summed E-state index contributed by atoms with van der Waals surface area (Å²) in [6.45, 7) is 0.882. The van der Waals surface area contributed by atoms with Crippen molar-refractivity contribution >= 4 is 21.6 Å². The van der Waals surface area contributed by atoms with Crippen LogP contribution in [0.4, 0.5) is 8.78 Å². The highest BCUT2D eigenvalue weighted by Crippen LogP contribution is 2.38. The highest BCUT2D eigenvalue weighted by molar-refractivity contribution is 7.89. The monoisotopic (exact) mass is 389 g/mol. The molecule has 5 nitrogen and oxygen atoms in total. The average Bonchev–Trinajstić information content (AvgIpc) is 2.57. The largest absolute Gasteiger partial charge is 0.486 e. The molecule has 3 rings (SSSR count). The van der Waals surface area contributed by atoms with Crippen molar-refractivity contribution in [3.8, 4) is 11.5 Å². The van der Waals surface area contributed by atoms with Crippen LogP contribution in [0.3, 0.4) is 0 Å². The Kier molecular flexibility index (Phi) is 5.12. The fourth-order valence-corrected chi connectivity index (χ4v) is 3.70. The molecule has 2 aromatic carbocycles. The molecule has 0 saturated carbocycles. The zero-order chi connectivity index (χ0) is 18.0. The second kappa shape index (κ2) is 7.15. The van der Waals surface area contributed by atoms with Gasteiger partial charge in [-0.3, -0.25) is 0 Å². The molecule has 0 unspecified atom stereocenters. The molecule has 9 heteroatoms. The van der Waals surface area contributed by atoms with Gasteiger partial charge < -0.3 is 9.47 Å². The van der Waals surface area contributed by atoms with E-state index in [0.29, 0.717) is 42.2 Å². The molecule has 0 aromatic heterocycles. The van der Waals surface area contributed by atoms with Gasteiger partial charge in [0.2, 0.25) is 10.0 Å². The number of hydrogen-bond donors (Lipinski definition) is 1. The number of sulfonamides is 1. The first-order valence-corrected chi connectivity index (χ1v) is 9.26. The van der Waals surface area contributed by atoms with Crippen molar-refractivity contribution in [3.05, 3.63) is 52.6 Å². The number of benzene rings is 2. The normalized spacial score (nSPS) is 13.7. The minimum absolute atomic E-state index is 0.0529. The molecule has 2 aromatic rings. The maximum absolute atomic E-state index is 13.2. The Hall–Kier alpha value is -1.90. The van der Waals surface area contributed by atoms with Gasteiger partial charge in [-0.1, -0.05) is 11.6 Å². The maximum Gasteiger partial charge on any atom is 0.240 e. The summed E-state index contributed by atoms with van der Waals surface area (Å²) in [6, 6.07) is 5.80. The zero-order valence-corrected chi connectivity index (χ0v) is 14.5. The summed E-state index contributed by atoms with van der Waals surface area (Å²) in [4.78, 5) is -0.341. The average molecular weight is 390 g/mol. The first-order valence-electron chi connectivity index (χ1n) is 7.39. The van der Waals surface area contributed by atoms with Gasteiger partial charge in [-0.05, 0) is 42.3 Å². The van der Waals surface area contributed by atoms with E-state index in [-0.39, 0.29) is 11.4 Å².